The molecule has 0 atom stereocenters. The van der Waals surface area contributed by atoms with Crippen LogP contribution in [0.15, 0.2) is 48.5 Å². The lowest BCUT2D eigenvalue weighted by Gasteiger charge is -2.29. The van der Waals surface area contributed by atoms with Crippen LogP contribution in [-0.2, 0) is 6.42 Å². The van der Waals surface area contributed by atoms with Gasteiger partial charge in [0.25, 0.3) is 0 Å². The Bertz CT molecular complexity index is 777. The lowest BCUT2D eigenvalue weighted by molar-refractivity contribution is 0.303. The predicted molar refractivity (Wildman–Crippen MR) is 131 cm³/mol. The summed E-state index contributed by atoms with van der Waals surface area (Å²) in [4.78, 5) is 0. The van der Waals surface area contributed by atoms with Crippen molar-refractivity contribution in [1.29, 1.82) is 0 Å². The highest BCUT2D eigenvalue weighted by Crippen LogP contribution is 2.37. The molecule has 160 valence electrons. The standard InChI is InChI=1S/C30H40/c1-3-5-7-9-25-11-13-27(14-12-25)15-16-28-19-23-30(24-20-28)29-21-17-26(18-22-29)10-8-6-4-2/h11-14,19-20,23-24,26,29H,3-10,17-18,21-22H2,1-2H3. The highest BCUT2D eigenvalue weighted by Gasteiger charge is 2.21. The van der Waals surface area contributed by atoms with Crippen LogP contribution in [0.25, 0.3) is 0 Å². The average molecular weight is 401 g/mol. The first-order valence-electron chi connectivity index (χ1n) is 12.5. The van der Waals surface area contributed by atoms with Crippen molar-refractivity contribution in [2.24, 2.45) is 5.92 Å². The molecule has 0 amide bonds. The number of benzene rings is 2. The zero-order valence-corrected chi connectivity index (χ0v) is 19.3. The zero-order valence-electron chi connectivity index (χ0n) is 19.3. The molecule has 3 rings (SSSR count). The van der Waals surface area contributed by atoms with Crippen LogP contribution in [0.1, 0.15) is 113 Å². The third kappa shape index (κ3) is 7.36. The van der Waals surface area contributed by atoms with Gasteiger partial charge in [-0.1, -0.05) is 88.5 Å². The van der Waals surface area contributed by atoms with E-state index in [1.807, 2.05) is 0 Å². The van der Waals surface area contributed by atoms with Gasteiger partial charge in [0.2, 0.25) is 0 Å². The van der Waals surface area contributed by atoms with Crippen LogP contribution >= 0.6 is 0 Å². The van der Waals surface area contributed by atoms with Gasteiger partial charge in [-0.05, 0) is 85.8 Å². The molecule has 0 nitrogen and oxygen atoms in total. The molecule has 1 saturated carbocycles. The molecule has 2 aromatic rings. The summed E-state index contributed by atoms with van der Waals surface area (Å²) in [6, 6.07) is 17.9. The van der Waals surface area contributed by atoms with Gasteiger partial charge >= 0.3 is 0 Å². The first-order chi connectivity index (χ1) is 14.8. The van der Waals surface area contributed by atoms with Gasteiger partial charge in [0.05, 0.1) is 0 Å². The van der Waals surface area contributed by atoms with Crippen LogP contribution in [0.5, 0.6) is 0 Å². The second-order valence-corrected chi connectivity index (χ2v) is 9.24. The molecule has 30 heavy (non-hydrogen) atoms. The summed E-state index contributed by atoms with van der Waals surface area (Å²) < 4.78 is 0. The molecule has 1 fully saturated rings. The molecule has 0 heterocycles. The van der Waals surface area contributed by atoms with Crippen LogP contribution in [0.3, 0.4) is 0 Å². The lowest BCUT2D eigenvalue weighted by atomic mass is 9.77. The largest absolute Gasteiger partial charge is 0.0654 e. The van der Waals surface area contributed by atoms with Gasteiger partial charge in [0, 0.05) is 11.1 Å². The SMILES string of the molecule is CCCCCc1ccc(C#Cc2ccc(C3CCC(CCCCC)CC3)cc2)cc1. The van der Waals surface area contributed by atoms with Crippen molar-refractivity contribution in [1.82, 2.24) is 0 Å². The van der Waals surface area contributed by atoms with E-state index in [1.165, 1.54) is 88.2 Å². The minimum absolute atomic E-state index is 0.759. The molecule has 1 aliphatic rings. The Balaban J connectivity index is 1.48. The molecule has 0 N–H and O–H groups in total. The fourth-order valence-electron chi connectivity index (χ4n) is 4.78. The van der Waals surface area contributed by atoms with E-state index in [4.69, 9.17) is 0 Å². The predicted octanol–water partition coefficient (Wildman–Crippen LogP) is 8.67. The summed E-state index contributed by atoms with van der Waals surface area (Å²) in [5.41, 5.74) is 5.18. The summed E-state index contributed by atoms with van der Waals surface area (Å²) in [6.45, 7) is 4.56. The average Bonchev–Trinajstić information content (AvgIpc) is 2.80. The molecular weight excluding hydrogens is 360 g/mol. The molecule has 2 aromatic carbocycles. The quantitative estimate of drug-likeness (QED) is 0.292. The molecular formula is C30H40. The van der Waals surface area contributed by atoms with Crippen LogP contribution < -0.4 is 0 Å². The molecule has 0 heteroatoms. The van der Waals surface area contributed by atoms with E-state index in [-0.39, 0.29) is 0 Å². The molecule has 0 radical (unpaired) electrons. The number of hydrogen-bond donors (Lipinski definition) is 0. The van der Waals surface area contributed by atoms with Crippen LogP contribution in [0.4, 0.5) is 0 Å². The highest BCUT2D eigenvalue weighted by molar-refractivity contribution is 5.44. The Morgan fingerprint density at radius 2 is 1.23 bits per heavy atom. The minimum Gasteiger partial charge on any atom is -0.0654 e. The van der Waals surface area contributed by atoms with Gasteiger partial charge in [-0.15, -0.1) is 0 Å². The Kier molecular flexibility index (Phi) is 9.56. The summed E-state index contributed by atoms with van der Waals surface area (Å²) in [5.74, 6) is 8.42. The molecule has 0 saturated heterocycles. The lowest BCUT2D eigenvalue weighted by Crippen LogP contribution is -2.13. The van der Waals surface area contributed by atoms with Crippen molar-refractivity contribution in [2.45, 2.75) is 96.8 Å². The number of hydrogen-bond acceptors (Lipinski definition) is 0. The highest BCUT2D eigenvalue weighted by atomic mass is 14.3. The first kappa shape index (κ1) is 22.7. The first-order valence-corrected chi connectivity index (χ1v) is 12.5. The fourth-order valence-corrected chi connectivity index (χ4v) is 4.78. The van der Waals surface area contributed by atoms with Crippen LogP contribution in [0, 0.1) is 17.8 Å². The van der Waals surface area contributed by atoms with E-state index in [0.717, 1.165) is 23.0 Å². The van der Waals surface area contributed by atoms with E-state index in [1.54, 1.807) is 0 Å². The zero-order chi connectivity index (χ0) is 21.0. The summed E-state index contributed by atoms with van der Waals surface area (Å²) in [5, 5.41) is 0. The number of rotatable bonds is 9. The second kappa shape index (κ2) is 12.6. The van der Waals surface area contributed by atoms with Gasteiger partial charge in [0.1, 0.15) is 0 Å². The molecule has 1 aliphatic carbocycles. The molecule has 0 unspecified atom stereocenters. The van der Waals surface area contributed by atoms with E-state index in [9.17, 15) is 0 Å². The van der Waals surface area contributed by atoms with E-state index >= 15 is 0 Å². The topological polar surface area (TPSA) is 0 Å². The van der Waals surface area contributed by atoms with Crippen molar-refractivity contribution in [3.63, 3.8) is 0 Å². The normalized spacial score (nSPS) is 18.6. The van der Waals surface area contributed by atoms with Crippen molar-refractivity contribution >= 4 is 0 Å². The maximum atomic E-state index is 3.35. The minimum atomic E-state index is 0.759. The van der Waals surface area contributed by atoms with E-state index in [0.29, 0.717) is 0 Å². The Labute approximate surface area is 185 Å². The summed E-state index contributed by atoms with van der Waals surface area (Å²) >= 11 is 0. The van der Waals surface area contributed by atoms with E-state index < -0.39 is 0 Å². The van der Waals surface area contributed by atoms with E-state index in [2.05, 4.69) is 74.2 Å². The Hall–Kier alpha value is -2.00. The van der Waals surface area contributed by atoms with Gasteiger partial charge in [-0.3, -0.25) is 0 Å². The third-order valence-electron chi connectivity index (χ3n) is 6.82. The number of unbranched alkanes of at least 4 members (excludes halogenated alkanes) is 4. The van der Waals surface area contributed by atoms with Crippen molar-refractivity contribution in [3.8, 4) is 11.8 Å². The summed E-state index contributed by atoms with van der Waals surface area (Å²) in [6.07, 6.45) is 16.3. The Morgan fingerprint density at radius 3 is 1.83 bits per heavy atom. The molecule has 0 bridgehead atoms. The maximum absolute atomic E-state index is 3.35. The maximum Gasteiger partial charge on any atom is 0.0249 e. The second-order valence-electron chi connectivity index (χ2n) is 9.24. The van der Waals surface area contributed by atoms with Crippen molar-refractivity contribution < 1.29 is 0 Å². The van der Waals surface area contributed by atoms with Gasteiger partial charge in [0.15, 0.2) is 0 Å². The number of aryl methyl sites for hydroxylation is 1. The molecule has 0 spiro atoms. The van der Waals surface area contributed by atoms with Crippen LogP contribution in [0.2, 0.25) is 0 Å². The smallest absolute Gasteiger partial charge is 0.0249 e. The monoisotopic (exact) mass is 400 g/mol. The van der Waals surface area contributed by atoms with Gasteiger partial charge < -0.3 is 0 Å². The molecule has 0 aliphatic heterocycles. The fraction of sp³-hybridized carbons (Fsp3) is 0.533. The van der Waals surface area contributed by atoms with Gasteiger partial charge in [-0.25, -0.2) is 0 Å². The molecule has 0 aromatic heterocycles. The van der Waals surface area contributed by atoms with Crippen LogP contribution in [-0.4, -0.2) is 0 Å². The van der Waals surface area contributed by atoms with Crippen molar-refractivity contribution in [3.05, 3.63) is 70.8 Å². The van der Waals surface area contributed by atoms with Crippen molar-refractivity contribution in [2.75, 3.05) is 0 Å². The Morgan fingerprint density at radius 1 is 0.667 bits per heavy atom. The summed E-state index contributed by atoms with van der Waals surface area (Å²) in [7, 11) is 0. The third-order valence-corrected chi connectivity index (χ3v) is 6.82. The van der Waals surface area contributed by atoms with Gasteiger partial charge in [-0.2, -0.15) is 0 Å².